The van der Waals surface area contributed by atoms with E-state index in [2.05, 4.69) is 102 Å². The summed E-state index contributed by atoms with van der Waals surface area (Å²) in [6.07, 6.45) is 0.939. The Kier molecular flexibility index (Phi) is 5.11. The van der Waals surface area contributed by atoms with Gasteiger partial charge in [0.25, 0.3) is 0 Å². The number of anilines is 2. The second-order valence-corrected chi connectivity index (χ2v) is 8.65. The summed E-state index contributed by atoms with van der Waals surface area (Å²) in [7, 11) is 0. The molecule has 6 rings (SSSR count). The van der Waals surface area contributed by atoms with Crippen LogP contribution in [0.4, 0.5) is 11.4 Å². The summed E-state index contributed by atoms with van der Waals surface area (Å²) in [5.41, 5.74) is 6.13. The van der Waals surface area contributed by atoms with Crippen LogP contribution in [0.5, 0.6) is 11.5 Å². The molecule has 2 N–H and O–H groups in total. The van der Waals surface area contributed by atoms with Gasteiger partial charge >= 0.3 is 0 Å². The number of hydrogen-bond acceptors (Lipinski definition) is 4. The van der Waals surface area contributed by atoms with Crippen molar-refractivity contribution in [1.82, 2.24) is 0 Å². The van der Waals surface area contributed by atoms with Crippen LogP contribution in [-0.4, -0.2) is 12.8 Å². The summed E-state index contributed by atoms with van der Waals surface area (Å²) < 4.78 is 11.1. The van der Waals surface area contributed by atoms with Crippen LogP contribution in [0.3, 0.4) is 0 Å². The lowest BCUT2D eigenvalue weighted by Crippen LogP contribution is -2.40. The standard InChI is InChI=1S/C29H26N2O2/c1-3-9-20(10-4-1)17-25-28(21-11-5-2-6-12-21)29(23-13-7-8-14-24(23)31-25)30-22-15-16-26-27(18-22)33-19-32-26/h1-16,18,25,28-31H,17,19H2/t25-,28-,29-/m1/s1. The van der Waals surface area contributed by atoms with Crippen molar-refractivity contribution in [3.63, 3.8) is 0 Å². The number of nitrogens with one attached hydrogen (secondary N) is 2. The van der Waals surface area contributed by atoms with Gasteiger partial charge in [-0.25, -0.2) is 0 Å². The number of benzene rings is 4. The zero-order valence-corrected chi connectivity index (χ0v) is 18.3. The number of hydrogen-bond donors (Lipinski definition) is 2. The van der Waals surface area contributed by atoms with Gasteiger partial charge in [-0.1, -0.05) is 78.9 Å². The zero-order valence-electron chi connectivity index (χ0n) is 18.3. The molecule has 0 unspecified atom stereocenters. The van der Waals surface area contributed by atoms with E-state index in [-0.39, 0.29) is 24.8 Å². The lowest BCUT2D eigenvalue weighted by molar-refractivity contribution is 0.174. The lowest BCUT2D eigenvalue weighted by Gasteiger charge is -2.42. The minimum Gasteiger partial charge on any atom is -0.454 e. The molecule has 4 aromatic carbocycles. The maximum Gasteiger partial charge on any atom is 0.231 e. The average Bonchev–Trinajstić information content (AvgIpc) is 3.33. The van der Waals surface area contributed by atoms with Crippen molar-refractivity contribution >= 4 is 11.4 Å². The molecule has 0 radical (unpaired) electrons. The van der Waals surface area contributed by atoms with Gasteiger partial charge in [-0.05, 0) is 41.3 Å². The third-order valence-electron chi connectivity index (χ3n) is 6.61. The van der Waals surface area contributed by atoms with E-state index in [1.54, 1.807) is 0 Å². The highest BCUT2D eigenvalue weighted by Crippen LogP contribution is 2.46. The minimum absolute atomic E-state index is 0.0962. The van der Waals surface area contributed by atoms with Gasteiger partial charge < -0.3 is 20.1 Å². The molecule has 33 heavy (non-hydrogen) atoms. The largest absolute Gasteiger partial charge is 0.454 e. The van der Waals surface area contributed by atoms with E-state index in [1.165, 1.54) is 22.4 Å². The first kappa shape index (κ1) is 19.7. The van der Waals surface area contributed by atoms with Gasteiger partial charge in [-0.15, -0.1) is 0 Å². The molecule has 0 aliphatic carbocycles. The van der Waals surface area contributed by atoms with Gasteiger partial charge in [0.2, 0.25) is 6.79 Å². The topological polar surface area (TPSA) is 42.5 Å². The van der Waals surface area contributed by atoms with E-state index >= 15 is 0 Å². The van der Waals surface area contributed by atoms with E-state index in [0.29, 0.717) is 0 Å². The molecule has 0 saturated heterocycles. The molecule has 4 aromatic rings. The van der Waals surface area contributed by atoms with Gasteiger partial charge in [-0.2, -0.15) is 0 Å². The Hall–Kier alpha value is -3.92. The molecule has 2 aliphatic rings. The van der Waals surface area contributed by atoms with E-state index in [1.807, 2.05) is 12.1 Å². The number of para-hydroxylation sites is 1. The van der Waals surface area contributed by atoms with E-state index in [0.717, 1.165) is 23.6 Å². The van der Waals surface area contributed by atoms with Crippen molar-refractivity contribution < 1.29 is 9.47 Å². The fraction of sp³-hybridized carbons (Fsp3) is 0.172. The predicted molar refractivity (Wildman–Crippen MR) is 132 cm³/mol. The fourth-order valence-electron chi connectivity index (χ4n) is 5.09. The van der Waals surface area contributed by atoms with Crippen molar-refractivity contribution in [2.75, 3.05) is 17.4 Å². The Morgan fingerprint density at radius 1 is 0.758 bits per heavy atom. The highest BCUT2D eigenvalue weighted by atomic mass is 16.7. The Morgan fingerprint density at radius 2 is 1.48 bits per heavy atom. The van der Waals surface area contributed by atoms with Crippen LogP contribution in [0.1, 0.15) is 28.7 Å². The smallest absolute Gasteiger partial charge is 0.231 e. The normalized spacial score (nSPS) is 20.5. The van der Waals surface area contributed by atoms with Crippen molar-refractivity contribution in [1.29, 1.82) is 0 Å². The third-order valence-corrected chi connectivity index (χ3v) is 6.61. The molecule has 164 valence electrons. The number of fused-ring (bicyclic) bond motifs is 2. The van der Waals surface area contributed by atoms with Crippen LogP contribution in [-0.2, 0) is 6.42 Å². The van der Waals surface area contributed by atoms with Crippen LogP contribution >= 0.6 is 0 Å². The number of rotatable bonds is 5. The quantitative estimate of drug-likeness (QED) is 0.382. The van der Waals surface area contributed by atoms with Gasteiger partial charge in [-0.3, -0.25) is 0 Å². The zero-order chi connectivity index (χ0) is 22.0. The Labute approximate surface area is 194 Å². The third kappa shape index (κ3) is 3.89. The monoisotopic (exact) mass is 434 g/mol. The molecule has 0 spiro atoms. The Balaban J connectivity index is 1.43. The number of ether oxygens (including phenoxy) is 2. The van der Waals surface area contributed by atoms with Crippen LogP contribution in [0.15, 0.2) is 103 Å². The lowest BCUT2D eigenvalue weighted by atomic mass is 9.76. The molecular formula is C29H26N2O2. The van der Waals surface area contributed by atoms with Crippen molar-refractivity contribution in [2.45, 2.75) is 24.4 Å². The van der Waals surface area contributed by atoms with Gasteiger partial charge in [0, 0.05) is 29.4 Å². The first-order valence-electron chi connectivity index (χ1n) is 11.5. The predicted octanol–water partition coefficient (Wildman–Crippen LogP) is 6.39. The van der Waals surface area contributed by atoms with Crippen LogP contribution in [0.25, 0.3) is 0 Å². The summed E-state index contributed by atoms with van der Waals surface area (Å²) >= 11 is 0. The first-order valence-corrected chi connectivity index (χ1v) is 11.5. The van der Waals surface area contributed by atoms with Crippen LogP contribution < -0.4 is 20.1 Å². The van der Waals surface area contributed by atoms with Crippen molar-refractivity contribution in [3.8, 4) is 11.5 Å². The maximum absolute atomic E-state index is 5.63. The summed E-state index contributed by atoms with van der Waals surface area (Å²) in [5, 5.41) is 7.72. The Morgan fingerprint density at radius 3 is 2.33 bits per heavy atom. The summed E-state index contributed by atoms with van der Waals surface area (Å²) in [6.45, 7) is 0.279. The second-order valence-electron chi connectivity index (χ2n) is 8.65. The van der Waals surface area contributed by atoms with Crippen LogP contribution in [0.2, 0.25) is 0 Å². The van der Waals surface area contributed by atoms with Gasteiger partial charge in [0.1, 0.15) is 0 Å². The SMILES string of the molecule is c1ccc(C[C@H]2Nc3ccccc3[C@@H](Nc3ccc4c(c3)OCO4)[C@@H]2c2ccccc2)cc1. The minimum atomic E-state index is 0.0962. The first-order chi connectivity index (χ1) is 16.3. The van der Waals surface area contributed by atoms with Crippen molar-refractivity contribution in [3.05, 3.63) is 120 Å². The molecule has 0 amide bonds. The second kappa shape index (κ2) is 8.55. The molecule has 4 nitrogen and oxygen atoms in total. The van der Waals surface area contributed by atoms with Crippen LogP contribution in [0, 0.1) is 0 Å². The summed E-state index contributed by atoms with van der Waals surface area (Å²) in [4.78, 5) is 0. The molecule has 0 bridgehead atoms. The van der Waals surface area contributed by atoms with Crippen molar-refractivity contribution in [2.24, 2.45) is 0 Å². The van der Waals surface area contributed by atoms with E-state index < -0.39 is 0 Å². The van der Waals surface area contributed by atoms with E-state index in [4.69, 9.17) is 9.47 Å². The maximum atomic E-state index is 5.63. The Bertz CT molecular complexity index is 1240. The fourth-order valence-corrected chi connectivity index (χ4v) is 5.09. The highest BCUT2D eigenvalue weighted by Gasteiger charge is 2.37. The average molecular weight is 435 g/mol. The molecule has 0 fully saturated rings. The van der Waals surface area contributed by atoms with E-state index in [9.17, 15) is 0 Å². The molecule has 2 heterocycles. The summed E-state index contributed by atoms with van der Waals surface area (Å²) in [5.74, 6) is 1.82. The molecular weight excluding hydrogens is 408 g/mol. The van der Waals surface area contributed by atoms with Gasteiger partial charge in [0.05, 0.1) is 6.04 Å². The molecule has 4 heteroatoms. The molecule has 0 saturated carbocycles. The van der Waals surface area contributed by atoms with Gasteiger partial charge in [0.15, 0.2) is 11.5 Å². The molecule has 0 aromatic heterocycles. The molecule has 2 aliphatic heterocycles. The molecule has 3 atom stereocenters. The highest BCUT2D eigenvalue weighted by molar-refractivity contribution is 5.63. The summed E-state index contributed by atoms with van der Waals surface area (Å²) in [6, 6.07) is 36.6.